The smallest absolute Gasteiger partial charge is 0.335 e. The van der Waals surface area contributed by atoms with Crippen LogP contribution in [0.4, 0.5) is 0 Å². The number of nitrogens with one attached hydrogen (secondary N) is 1. The Bertz CT molecular complexity index is 506. The molecule has 0 spiro atoms. The molecule has 106 valence electrons. The molecule has 20 heavy (non-hydrogen) atoms. The number of carbonyl (C=O) groups is 1. The summed E-state index contributed by atoms with van der Waals surface area (Å²) in [5.41, 5.74) is 1.50. The Kier molecular flexibility index (Phi) is 3.88. The van der Waals surface area contributed by atoms with Crippen molar-refractivity contribution in [2.45, 2.75) is 25.8 Å². The van der Waals surface area contributed by atoms with Gasteiger partial charge in [-0.25, -0.2) is 4.79 Å². The molecule has 1 aromatic carbocycles. The summed E-state index contributed by atoms with van der Waals surface area (Å²) in [6.07, 6.45) is 8.85. The van der Waals surface area contributed by atoms with E-state index in [0.717, 1.165) is 36.4 Å². The first-order chi connectivity index (χ1) is 9.72. The Morgan fingerprint density at radius 2 is 2.00 bits per heavy atom. The van der Waals surface area contributed by atoms with E-state index >= 15 is 0 Å². The van der Waals surface area contributed by atoms with Crippen molar-refractivity contribution in [2.75, 3.05) is 6.54 Å². The highest BCUT2D eigenvalue weighted by molar-refractivity contribution is 5.87. The minimum Gasteiger partial charge on any atom is -0.478 e. The Morgan fingerprint density at radius 1 is 1.20 bits per heavy atom. The van der Waals surface area contributed by atoms with Crippen LogP contribution in [0.5, 0.6) is 0 Å². The fourth-order valence-corrected chi connectivity index (χ4v) is 3.45. The Labute approximate surface area is 119 Å². The molecular weight excluding hydrogens is 250 g/mol. The summed E-state index contributed by atoms with van der Waals surface area (Å²) in [5.74, 6) is 1.48. The van der Waals surface area contributed by atoms with Gasteiger partial charge < -0.3 is 10.4 Å². The van der Waals surface area contributed by atoms with Crippen molar-refractivity contribution in [3.05, 3.63) is 47.5 Å². The summed E-state index contributed by atoms with van der Waals surface area (Å²) < 4.78 is 0. The van der Waals surface area contributed by atoms with E-state index in [4.69, 9.17) is 5.11 Å². The van der Waals surface area contributed by atoms with Crippen molar-refractivity contribution in [1.82, 2.24) is 5.32 Å². The third kappa shape index (κ3) is 2.93. The van der Waals surface area contributed by atoms with E-state index < -0.39 is 5.97 Å². The second-order valence-electron chi connectivity index (χ2n) is 6.01. The largest absolute Gasteiger partial charge is 0.478 e. The normalized spacial score (nSPS) is 27.7. The van der Waals surface area contributed by atoms with Gasteiger partial charge in [0.15, 0.2) is 0 Å². The third-order valence-corrected chi connectivity index (χ3v) is 4.65. The van der Waals surface area contributed by atoms with Gasteiger partial charge in [0.05, 0.1) is 5.56 Å². The molecule has 3 nitrogen and oxygen atoms in total. The minimum atomic E-state index is -0.866. The maximum absolute atomic E-state index is 10.8. The van der Waals surface area contributed by atoms with Crippen molar-refractivity contribution >= 4 is 5.97 Å². The van der Waals surface area contributed by atoms with Crippen LogP contribution in [0, 0.1) is 17.8 Å². The Hall–Kier alpha value is -1.61. The van der Waals surface area contributed by atoms with Gasteiger partial charge in [0.25, 0.3) is 0 Å². The van der Waals surface area contributed by atoms with Gasteiger partial charge in [-0.3, -0.25) is 0 Å². The molecule has 1 fully saturated rings. The molecule has 3 atom stereocenters. The lowest BCUT2D eigenvalue weighted by Gasteiger charge is -2.38. The van der Waals surface area contributed by atoms with Crippen LogP contribution in [-0.2, 0) is 6.54 Å². The van der Waals surface area contributed by atoms with Gasteiger partial charge in [-0.1, -0.05) is 24.3 Å². The van der Waals surface area contributed by atoms with Gasteiger partial charge in [0, 0.05) is 6.54 Å². The first kappa shape index (κ1) is 13.4. The average Bonchev–Trinajstić information content (AvgIpc) is 2.49. The molecule has 0 aliphatic heterocycles. The quantitative estimate of drug-likeness (QED) is 0.809. The lowest BCUT2D eigenvalue weighted by Crippen LogP contribution is -2.34. The average molecular weight is 271 g/mol. The van der Waals surface area contributed by atoms with Crippen molar-refractivity contribution < 1.29 is 9.90 Å². The highest BCUT2D eigenvalue weighted by Gasteiger charge is 2.31. The molecule has 2 N–H and O–H groups in total. The lowest BCUT2D eigenvalue weighted by molar-refractivity contribution is 0.0697. The van der Waals surface area contributed by atoms with Gasteiger partial charge in [0.2, 0.25) is 0 Å². The Balaban J connectivity index is 1.48. The van der Waals surface area contributed by atoms with Gasteiger partial charge in [-0.05, 0) is 61.3 Å². The van der Waals surface area contributed by atoms with E-state index in [2.05, 4.69) is 17.5 Å². The predicted molar refractivity (Wildman–Crippen MR) is 78.6 cm³/mol. The van der Waals surface area contributed by atoms with Gasteiger partial charge in [-0.2, -0.15) is 0 Å². The summed E-state index contributed by atoms with van der Waals surface area (Å²) >= 11 is 0. The number of rotatable bonds is 5. The fourth-order valence-electron chi connectivity index (χ4n) is 3.45. The maximum Gasteiger partial charge on any atom is 0.335 e. The van der Waals surface area contributed by atoms with Crippen LogP contribution in [0.1, 0.15) is 35.2 Å². The SMILES string of the molecule is O=C(O)c1ccc(CNCC2CC3C=CC2CC3)cc1. The second kappa shape index (κ2) is 5.80. The van der Waals surface area contributed by atoms with Crippen LogP contribution in [0.2, 0.25) is 0 Å². The molecule has 4 rings (SSSR count). The molecule has 0 aromatic heterocycles. The molecule has 1 saturated carbocycles. The molecule has 2 bridgehead atoms. The molecular formula is C17H21NO2. The van der Waals surface area contributed by atoms with Crippen LogP contribution < -0.4 is 5.32 Å². The summed E-state index contributed by atoms with van der Waals surface area (Å²) in [6.45, 7) is 1.88. The topological polar surface area (TPSA) is 49.3 Å². The van der Waals surface area contributed by atoms with Crippen molar-refractivity contribution in [2.24, 2.45) is 17.8 Å². The summed E-state index contributed by atoms with van der Waals surface area (Å²) in [5, 5.41) is 12.4. The van der Waals surface area contributed by atoms with Gasteiger partial charge in [0.1, 0.15) is 0 Å². The number of hydrogen-bond acceptors (Lipinski definition) is 2. The summed E-state index contributed by atoms with van der Waals surface area (Å²) in [4.78, 5) is 10.8. The minimum absolute atomic E-state index is 0.350. The van der Waals surface area contributed by atoms with Crippen molar-refractivity contribution in [3.8, 4) is 0 Å². The summed E-state index contributed by atoms with van der Waals surface area (Å²) in [7, 11) is 0. The van der Waals surface area contributed by atoms with Gasteiger partial charge in [-0.15, -0.1) is 0 Å². The van der Waals surface area contributed by atoms with Crippen LogP contribution in [-0.4, -0.2) is 17.6 Å². The third-order valence-electron chi connectivity index (χ3n) is 4.65. The lowest BCUT2D eigenvalue weighted by atomic mass is 9.69. The Morgan fingerprint density at radius 3 is 2.55 bits per heavy atom. The highest BCUT2D eigenvalue weighted by atomic mass is 16.4. The zero-order valence-corrected chi connectivity index (χ0v) is 11.6. The number of fused-ring (bicyclic) bond motifs is 2. The number of carboxylic acid groups (broad SMARTS) is 1. The molecule has 0 amide bonds. The standard InChI is InChI=1S/C17H21NO2/c19-17(20)15-7-3-13(4-8-15)10-18-11-16-9-12-1-5-14(16)6-2-12/h1,3-5,7-8,12,14,16,18H,2,6,9-11H2,(H,19,20). The van der Waals surface area contributed by atoms with Crippen LogP contribution in [0.15, 0.2) is 36.4 Å². The number of allylic oxidation sites excluding steroid dienone is 2. The van der Waals surface area contributed by atoms with E-state index in [0.29, 0.717) is 5.56 Å². The first-order valence-electron chi connectivity index (χ1n) is 7.43. The van der Waals surface area contributed by atoms with E-state index in [1.807, 2.05) is 12.1 Å². The van der Waals surface area contributed by atoms with Crippen molar-refractivity contribution in [3.63, 3.8) is 0 Å². The molecule has 1 aromatic rings. The fraction of sp³-hybridized carbons (Fsp3) is 0.471. The van der Waals surface area contributed by atoms with Crippen LogP contribution in [0.3, 0.4) is 0 Å². The van der Waals surface area contributed by atoms with E-state index in [-0.39, 0.29) is 0 Å². The molecule has 3 unspecified atom stereocenters. The zero-order chi connectivity index (χ0) is 13.9. The number of benzene rings is 1. The maximum atomic E-state index is 10.8. The van der Waals surface area contributed by atoms with E-state index in [9.17, 15) is 4.79 Å². The molecule has 3 heteroatoms. The number of carboxylic acids is 1. The molecule has 3 aliphatic carbocycles. The monoisotopic (exact) mass is 271 g/mol. The second-order valence-corrected chi connectivity index (χ2v) is 6.01. The first-order valence-corrected chi connectivity index (χ1v) is 7.43. The number of aromatic carboxylic acids is 1. The molecule has 0 heterocycles. The predicted octanol–water partition coefficient (Wildman–Crippen LogP) is 3.08. The van der Waals surface area contributed by atoms with E-state index in [1.165, 1.54) is 19.3 Å². The zero-order valence-electron chi connectivity index (χ0n) is 11.6. The van der Waals surface area contributed by atoms with Crippen LogP contribution in [0.25, 0.3) is 0 Å². The van der Waals surface area contributed by atoms with E-state index in [1.54, 1.807) is 12.1 Å². The summed E-state index contributed by atoms with van der Waals surface area (Å²) in [6, 6.07) is 7.13. The molecule has 3 aliphatic rings. The van der Waals surface area contributed by atoms with Crippen LogP contribution >= 0.6 is 0 Å². The molecule has 0 radical (unpaired) electrons. The van der Waals surface area contributed by atoms with Crippen molar-refractivity contribution in [1.29, 1.82) is 0 Å². The van der Waals surface area contributed by atoms with Gasteiger partial charge >= 0.3 is 5.97 Å². The highest BCUT2D eigenvalue weighted by Crippen LogP contribution is 2.39. The number of hydrogen-bond donors (Lipinski definition) is 2. The molecule has 0 saturated heterocycles.